The molecule has 0 unspecified atom stereocenters. The first kappa shape index (κ1) is 18.1. The van der Waals surface area contributed by atoms with Crippen molar-refractivity contribution < 1.29 is 9.47 Å². The average molecular weight is 419 g/mol. The van der Waals surface area contributed by atoms with E-state index in [4.69, 9.17) is 9.47 Å². The topological polar surface area (TPSA) is 70.0 Å². The van der Waals surface area contributed by atoms with Gasteiger partial charge in [-0.3, -0.25) is 0 Å². The van der Waals surface area contributed by atoms with Gasteiger partial charge in [-0.25, -0.2) is 0 Å². The fourth-order valence-electron chi connectivity index (χ4n) is 0.872. The number of methoxy groups -OCH3 is 2. The Bertz CT molecular complexity index is 490. The Hall–Kier alpha value is 0.790. The van der Waals surface area contributed by atoms with Crippen LogP contribution in [0.5, 0.6) is 0 Å². The molecule has 116 valence electrons. The quantitative estimate of drug-likeness (QED) is 0.316. The first-order valence-corrected chi connectivity index (χ1v) is 12.3. The Morgan fingerprint density at radius 1 is 0.762 bits per heavy atom. The van der Waals surface area contributed by atoms with Crippen molar-refractivity contribution in [2.45, 2.75) is 17.4 Å². The summed E-state index contributed by atoms with van der Waals surface area (Å²) in [5, 5.41) is 16.4. The van der Waals surface area contributed by atoms with Crippen LogP contribution in [0, 0.1) is 0 Å². The van der Waals surface area contributed by atoms with Crippen LogP contribution in [0.25, 0.3) is 0 Å². The van der Waals surface area contributed by atoms with E-state index in [1.807, 2.05) is 0 Å². The second-order valence-corrected chi connectivity index (χ2v) is 11.7. The summed E-state index contributed by atoms with van der Waals surface area (Å²) in [4.78, 5) is 0. The molecule has 13 heteroatoms. The van der Waals surface area contributed by atoms with Crippen LogP contribution in [0.2, 0.25) is 0 Å². The monoisotopic (exact) mass is 418 g/mol. The van der Waals surface area contributed by atoms with Crippen LogP contribution in [0.3, 0.4) is 0 Å². The van der Waals surface area contributed by atoms with Crippen molar-refractivity contribution in [1.82, 2.24) is 20.4 Å². The molecule has 0 fully saturated rings. The summed E-state index contributed by atoms with van der Waals surface area (Å²) in [5.41, 5.74) is 0. The highest BCUT2D eigenvalue weighted by Gasteiger charge is 2.09. The Morgan fingerprint density at radius 3 is 1.62 bits per heavy atom. The highest BCUT2D eigenvalue weighted by atomic mass is 33.5. The maximum absolute atomic E-state index is 4.99. The molecule has 0 spiro atoms. The van der Waals surface area contributed by atoms with Gasteiger partial charge in [0.15, 0.2) is 17.4 Å². The molecular weight excluding hydrogens is 409 g/mol. The van der Waals surface area contributed by atoms with Gasteiger partial charge in [-0.15, -0.1) is 20.4 Å². The molecule has 6 nitrogen and oxygen atoms in total. The van der Waals surface area contributed by atoms with Crippen molar-refractivity contribution in [1.29, 1.82) is 0 Å². The molecule has 2 rings (SSSR count). The van der Waals surface area contributed by atoms with Crippen LogP contribution in [0.1, 0.15) is 0 Å². The van der Waals surface area contributed by atoms with E-state index in [1.54, 1.807) is 91.8 Å². The molecular formula is C8H10N4O2S7. The van der Waals surface area contributed by atoms with Crippen molar-refractivity contribution in [3.05, 3.63) is 0 Å². The fraction of sp³-hybridized carbons (Fsp3) is 0.500. The van der Waals surface area contributed by atoms with Crippen molar-refractivity contribution >= 4 is 77.6 Å². The summed E-state index contributed by atoms with van der Waals surface area (Å²) in [6.07, 6.45) is 0. The molecule has 0 saturated carbocycles. The minimum absolute atomic E-state index is 0.591. The molecule has 21 heavy (non-hydrogen) atoms. The SMILES string of the molecule is COCSc1nnc(SSSc2nnc(SCOC)s2)s1. The van der Waals surface area contributed by atoms with Gasteiger partial charge < -0.3 is 9.47 Å². The third-order valence-corrected chi connectivity index (χ3v) is 9.98. The molecule has 0 radical (unpaired) electrons. The molecule has 0 bridgehead atoms. The van der Waals surface area contributed by atoms with Crippen LogP contribution in [-0.4, -0.2) is 46.5 Å². The number of hydrogen-bond donors (Lipinski definition) is 0. The Balaban J connectivity index is 1.71. The summed E-state index contributed by atoms with van der Waals surface area (Å²) in [7, 11) is 8.08. The van der Waals surface area contributed by atoms with Gasteiger partial charge in [0.25, 0.3) is 0 Å². The largest absolute Gasteiger partial charge is 0.374 e. The fourth-order valence-corrected chi connectivity index (χ4v) is 8.84. The predicted octanol–water partition coefficient (Wildman–Crippen LogP) is 4.23. The summed E-state index contributed by atoms with van der Waals surface area (Å²) < 4.78 is 13.6. The zero-order valence-corrected chi connectivity index (χ0v) is 16.6. The number of nitrogens with zero attached hydrogens (tertiary/aromatic N) is 4. The van der Waals surface area contributed by atoms with E-state index in [1.165, 1.54) is 0 Å². The maximum Gasteiger partial charge on any atom is 0.186 e. The lowest BCUT2D eigenvalue weighted by molar-refractivity contribution is 0.259. The summed E-state index contributed by atoms with van der Waals surface area (Å²) >= 11 is 6.20. The van der Waals surface area contributed by atoms with E-state index >= 15 is 0 Å². The molecule has 0 amide bonds. The van der Waals surface area contributed by atoms with Gasteiger partial charge in [-0.2, -0.15) is 0 Å². The minimum Gasteiger partial charge on any atom is -0.374 e. The summed E-state index contributed by atoms with van der Waals surface area (Å²) in [6.45, 7) is 0. The lowest BCUT2D eigenvalue weighted by atomic mass is 11.5. The molecule has 2 aromatic heterocycles. The Kier molecular flexibility index (Phi) is 9.10. The molecule has 0 aliphatic carbocycles. The predicted molar refractivity (Wildman–Crippen MR) is 94.6 cm³/mol. The molecule has 2 aromatic rings. The van der Waals surface area contributed by atoms with E-state index in [0.717, 1.165) is 17.4 Å². The van der Waals surface area contributed by atoms with Crippen LogP contribution in [0.4, 0.5) is 0 Å². The highest BCUT2D eigenvalue weighted by Crippen LogP contribution is 2.47. The van der Waals surface area contributed by atoms with E-state index < -0.39 is 0 Å². The lowest BCUT2D eigenvalue weighted by Gasteiger charge is -1.92. The summed E-state index contributed by atoms with van der Waals surface area (Å²) in [5.74, 6) is 1.18. The molecule has 0 N–H and O–H groups in total. The number of thioether (sulfide) groups is 2. The molecule has 0 atom stereocenters. The van der Waals surface area contributed by atoms with Gasteiger partial charge in [0.2, 0.25) is 0 Å². The molecule has 0 aromatic carbocycles. The Labute approximate surface area is 150 Å². The van der Waals surface area contributed by atoms with Crippen molar-refractivity contribution in [2.75, 3.05) is 26.1 Å². The van der Waals surface area contributed by atoms with Crippen molar-refractivity contribution in [3.8, 4) is 0 Å². The average Bonchev–Trinajstić information content (AvgIpc) is 3.12. The molecule has 0 aliphatic rings. The standard InChI is InChI=1S/C8H10N4O2S7/c1-13-3-15-5-9-11-7(17-5)19-21-20-8-12-10-6(18-8)16-4-14-2/h3-4H2,1-2H3. The zero-order valence-electron chi connectivity index (χ0n) is 10.9. The van der Waals surface area contributed by atoms with E-state index in [9.17, 15) is 0 Å². The Morgan fingerprint density at radius 2 is 1.19 bits per heavy atom. The van der Waals surface area contributed by atoms with Gasteiger partial charge in [0, 0.05) is 14.2 Å². The number of rotatable bonds is 10. The normalized spacial score (nSPS) is 11.1. The smallest absolute Gasteiger partial charge is 0.186 e. The van der Waals surface area contributed by atoms with E-state index in [2.05, 4.69) is 20.4 Å². The second kappa shape index (κ2) is 10.5. The van der Waals surface area contributed by atoms with Gasteiger partial charge in [0.1, 0.15) is 0 Å². The van der Waals surface area contributed by atoms with Crippen molar-refractivity contribution in [2.24, 2.45) is 0 Å². The van der Waals surface area contributed by atoms with Crippen molar-refractivity contribution in [3.63, 3.8) is 0 Å². The molecule has 2 heterocycles. The van der Waals surface area contributed by atoms with Gasteiger partial charge in [-0.1, -0.05) is 46.2 Å². The van der Waals surface area contributed by atoms with Crippen LogP contribution < -0.4 is 0 Å². The van der Waals surface area contributed by atoms with Gasteiger partial charge in [0.05, 0.1) is 11.9 Å². The van der Waals surface area contributed by atoms with Crippen LogP contribution >= 0.6 is 77.6 Å². The first-order valence-electron chi connectivity index (χ1n) is 5.23. The van der Waals surface area contributed by atoms with Crippen LogP contribution in [0.15, 0.2) is 17.4 Å². The lowest BCUT2D eigenvalue weighted by Crippen LogP contribution is -1.79. The highest BCUT2D eigenvalue weighted by molar-refractivity contribution is 9.09. The third kappa shape index (κ3) is 6.83. The maximum atomic E-state index is 4.99. The van der Waals surface area contributed by atoms with E-state index in [-0.39, 0.29) is 0 Å². The number of ether oxygens (including phenoxy) is 2. The van der Waals surface area contributed by atoms with Crippen LogP contribution in [-0.2, 0) is 9.47 Å². The zero-order chi connectivity index (χ0) is 14.9. The number of hydrogen-bond acceptors (Lipinski definition) is 13. The molecule has 0 saturated heterocycles. The number of aromatic nitrogens is 4. The summed E-state index contributed by atoms with van der Waals surface area (Å²) in [6, 6.07) is 0. The van der Waals surface area contributed by atoms with Gasteiger partial charge in [-0.05, 0) is 31.4 Å². The first-order chi connectivity index (χ1) is 10.3. The minimum atomic E-state index is 0.591. The third-order valence-electron chi connectivity index (χ3n) is 1.59. The molecule has 0 aliphatic heterocycles. The second-order valence-electron chi connectivity index (χ2n) is 3.00. The van der Waals surface area contributed by atoms with Gasteiger partial charge >= 0.3 is 0 Å². The van der Waals surface area contributed by atoms with E-state index in [0.29, 0.717) is 11.9 Å².